The summed E-state index contributed by atoms with van der Waals surface area (Å²) in [7, 11) is 3.47. The summed E-state index contributed by atoms with van der Waals surface area (Å²) in [6, 6.07) is 13.9. The van der Waals surface area contributed by atoms with Crippen LogP contribution in [0.1, 0.15) is 61.0 Å². The molecule has 1 aliphatic rings. The number of aromatic nitrogens is 4. The van der Waals surface area contributed by atoms with Crippen molar-refractivity contribution in [2.75, 3.05) is 39.0 Å². The van der Waals surface area contributed by atoms with E-state index in [1.165, 1.54) is 5.56 Å². The summed E-state index contributed by atoms with van der Waals surface area (Å²) >= 11 is 0. The third-order valence-electron chi connectivity index (χ3n) is 7.77. The average molecular weight is 569 g/mol. The minimum atomic E-state index is -0.131. The van der Waals surface area contributed by atoms with Crippen molar-refractivity contribution < 1.29 is 9.59 Å². The molecule has 10 heteroatoms. The fourth-order valence-electron chi connectivity index (χ4n) is 5.36. The Labute approximate surface area is 247 Å². The van der Waals surface area contributed by atoms with Crippen molar-refractivity contribution in [2.24, 2.45) is 5.92 Å². The zero-order valence-electron chi connectivity index (χ0n) is 25.5. The summed E-state index contributed by atoms with van der Waals surface area (Å²) in [4.78, 5) is 43.4. The molecular weight excluding hydrogens is 528 g/mol. The number of fused-ring (bicyclic) bond motifs is 1. The molecule has 2 unspecified atom stereocenters. The Kier molecular flexibility index (Phi) is 8.01. The summed E-state index contributed by atoms with van der Waals surface area (Å²) in [5.41, 5.74) is 3.69. The van der Waals surface area contributed by atoms with Crippen molar-refractivity contribution in [2.45, 2.75) is 46.1 Å². The zero-order valence-corrected chi connectivity index (χ0v) is 25.5. The number of hydrogen-bond acceptors (Lipinski definition) is 7. The Morgan fingerprint density at radius 2 is 1.76 bits per heavy atom. The molecule has 220 valence electrons. The van der Waals surface area contributed by atoms with Crippen molar-refractivity contribution in [3.63, 3.8) is 0 Å². The molecule has 0 saturated carbocycles. The van der Waals surface area contributed by atoms with Gasteiger partial charge in [0.1, 0.15) is 11.5 Å². The summed E-state index contributed by atoms with van der Waals surface area (Å²) in [6.45, 7) is 13.1. The van der Waals surface area contributed by atoms with E-state index in [-0.39, 0.29) is 17.2 Å². The van der Waals surface area contributed by atoms with E-state index in [1.807, 2.05) is 27.7 Å². The number of pyridine rings is 1. The van der Waals surface area contributed by atoms with Crippen LogP contribution in [0.2, 0.25) is 0 Å². The van der Waals surface area contributed by atoms with E-state index < -0.39 is 0 Å². The molecule has 2 N–H and O–H groups in total. The monoisotopic (exact) mass is 568 g/mol. The minimum Gasteiger partial charge on any atom is -0.343 e. The number of benzene rings is 1. The highest BCUT2D eigenvalue weighted by atomic mass is 16.2. The maximum absolute atomic E-state index is 13.2. The van der Waals surface area contributed by atoms with Crippen LogP contribution in [0.3, 0.4) is 0 Å². The number of carbonyl (C=O) groups is 2. The fourth-order valence-corrected chi connectivity index (χ4v) is 5.36. The topological polar surface area (TPSA) is 108 Å². The van der Waals surface area contributed by atoms with Gasteiger partial charge in [-0.3, -0.25) is 14.2 Å². The highest BCUT2D eigenvalue weighted by Gasteiger charge is 2.32. The molecule has 10 nitrogen and oxygen atoms in total. The van der Waals surface area contributed by atoms with E-state index in [4.69, 9.17) is 4.98 Å². The minimum absolute atomic E-state index is 0.00752. The van der Waals surface area contributed by atoms with Crippen molar-refractivity contribution in [1.29, 1.82) is 0 Å². The summed E-state index contributed by atoms with van der Waals surface area (Å²) in [6.07, 6.45) is 3.28. The summed E-state index contributed by atoms with van der Waals surface area (Å²) < 4.78 is 1.86. The zero-order chi connectivity index (χ0) is 30.2. The molecule has 1 fully saturated rings. The molecule has 1 aliphatic heterocycles. The standard InChI is InChI=1S/C32H40N8O2/c1-8-33-25-19-39(18-20(25)2)29(41)21-9-14-27(34-16-21)36-31-35-17-22-15-26(30(42)38(6)7)40(28(22)37-31)24-12-10-23(11-13-24)32(3,4)5/h9-17,20,25,33H,8,18-19H2,1-7H3,(H,34,35,36,37). The van der Waals surface area contributed by atoms with Crippen LogP contribution in [-0.2, 0) is 5.41 Å². The lowest BCUT2D eigenvalue weighted by Crippen LogP contribution is -2.36. The number of nitrogens with one attached hydrogen (secondary N) is 2. The lowest BCUT2D eigenvalue weighted by molar-refractivity contribution is 0.0784. The van der Waals surface area contributed by atoms with Gasteiger partial charge in [0, 0.05) is 56.7 Å². The molecule has 0 bridgehead atoms. The van der Waals surface area contributed by atoms with Crippen molar-refractivity contribution in [3.8, 4) is 5.69 Å². The summed E-state index contributed by atoms with van der Waals surface area (Å²) in [5, 5.41) is 7.36. The number of amides is 2. The lowest BCUT2D eigenvalue weighted by atomic mass is 9.87. The lowest BCUT2D eigenvalue weighted by Gasteiger charge is -2.20. The second-order valence-corrected chi connectivity index (χ2v) is 12.2. The first-order valence-electron chi connectivity index (χ1n) is 14.4. The molecule has 1 saturated heterocycles. The first-order chi connectivity index (χ1) is 20.0. The largest absolute Gasteiger partial charge is 0.343 e. The molecule has 3 aromatic heterocycles. The van der Waals surface area contributed by atoms with Crippen LogP contribution in [0.25, 0.3) is 16.7 Å². The van der Waals surface area contributed by atoms with Crippen LogP contribution in [0.5, 0.6) is 0 Å². The van der Waals surface area contributed by atoms with Crippen LogP contribution in [0.15, 0.2) is 54.9 Å². The number of likely N-dealkylation sites (tertiary alicyclic amines) is 1. The first kappa shape index (κ1) is 29.2. The van der Waals surface area contributed by atoms with Gasteiger partial charge in [0.15, 0.2) is 5.65 Å². The quantitative estimate of drug-likeness (QED) is 0.335. The Bertz CT molecular complexity index is 1590. The number of rotatable bonds is 7. The van der Waals surface area contributed by atoms with Crippen LogP contribution < -0.4 is 10.6 Å². The Balaban J connectivity index is 1.42. The van der Waals surface area contributed by atoms with Gasteiger partial charge < -0.3 is 20.4 Å². The maximum Gasteiger partial charge on any atom is 0.270 e. The average Bonchev–Trinajstić information content (AvgIpc) is 3.52. The molecule has 1 aromatic carbocycles. The van der Waals surface area contributed by atoms with Gasteiger partial charge in [0.25, 0.3) is 11.8 Å². The van der Waals surface area contributed by atoms with Crippen molar-refractivity contribution in [3.05, 3.63) is 71.7 Å². The van der Waals surface area contributed by atoms with Gasteiger partial charge in [-0.25, -0.2) is 9.97 Å². The first-order valence-corrected chi connectivity index (χ1v) is 14.4. The van der Waals surface area contributed by atoms with Crippen LogP contribution in [-0.4, -0.2) is 80.9 Å². The molecule has 0 radical (unpaired) electrons. The number of carbonyl (C=O) groups excluding carboxylic acids is 2. The Morgan fingerprint density at radius 3 is 2.38 bits per heavy atom. The number of nitrogens with zero attached hydrogens (tertiary/aromatic N) is 6. The highest BCUT2D eigenvalue weighted by Crippen LogP contribution is 2.28. The highest BCUT2D eigenvalue weighted by molar-refractivity contribution is 5.99. The maximum atomic E-state index is 13.2. The van der Waals surface area contributed by atoms with Crippen molar-refractivity contribution >= 4 is 34.6 Å². The SMILES string of the molecule is CCNC1CN(C(=O)c2ccc(Nc3ncc4cc(C(=O)N(C)C)n(-c5ccc(C(C)(C)C)cc5)c4n3)nc2)CC1C. The van der Waals surface area contributed by atoms with E-state index in [2.05, 4.69) is 67.4 Å². The van der Waals surface area contributed by atoms with E-state index in [0.717, 1.165) is 24.2 Å². The second kappa shape index (κ2) is 11.5. The Morgan fingerprint density at radius 1 is 1.02 bits per heavy atom. The van der Waals surface area contributed by atoms with Gasteiger partial charge >= 0.3 is 0 Å². The van der Waals surface area contributed by atoms with E-state index in [0.29, 0.717) is 47.2 Å². The van der Waals surface area contributed by atoms with Crippen LogP contribution in [0, 0.1) is 5.92 Å². The van der Waals surface area contributed by atoms with Gasteiger partial charge in [0.2, 0.25) is 5.95 Å². The number of anilines is 2. The fraction of sp³-hybridized carbons (Fsp3) is 0.406. The summed E-state index contributed by atoms with van der Waals surface area (Å²) in [5.74, 6) is 1.11. The normalized spacial score (nSPS) is 17.1. The third-order valence-corrected chi connectivity index (χ3v) is 7.77. The van der Waals surface area contributed by atoms with Gasteiger partial charge in [-0.15, -0.1) is 0 Å². The van der Waals surface area contributed by atoms with E-state index >= 15 is 0 Å². The molecule has 0 aliphatic carbocycles. The number of hydrogen-bond donors (Lipinski definition) is 2. The second-order valence-electron chi connectivity index (χ2n) is 12.2. The van der Waals surface area contributed by atoms with E-state index in [9.17, 15) is 9.59 Å². The molecule has 4 heterocycles. The van der Waals surface area contributed by atoms with Crippen molar-refractivity contribution in [1.82, 2.24) is 34.6 Å². The predicted octanol–water partition coefficient (Wildman–Crippen LogP) is 4.63. The van der Waals surface area contributed by atoms with Crippen LogP contribution in [0.4, 0.5) is 11.8 Å². The van der Waals surface area contributed by atoms with Gasteiger partial charge in [0.05, 0.1) is 5.56 Å². The molecular formula is C32H40N8O2. The smallest absolute Gasteiger partial charge is 0.270 e. The molecule has 42 heavy (non-hydrogen) atoms. The van der Waals surface area contributed by atoms with Gasteiger partial charge in [-0.1, -0.05) is 46.8 Å². The number of likely N-dealkylation sites (N-methyl/N-ethyl adjacent to an activating group) is 1. The Hall–Kier alpha value is -4.31. The molecule has 2 atom stereocenters. The van der Waals surface area contributed by atoms with E-state index in [1.54, 1.807) is 43.5 Å². The molecule has 2 amide bonds. The van der Waals surface area contributed by atoms with Gasteiger partial charge in [-0.05, 0) is 53.8 Å². The van der Waals surface area contributed by atoms with Crippen LogP contribution >= 0.6 is 0 Å². The molecule has 4 aromatic rings. The molecule has 0 spiro atoms. The predicted molar refractivity (Wildman–Crippen MR) is 166 cm³/mol. The van der Waals surface area contributed by atoms with Gasteiger partial charge in [-0.2, -0.15) is 4.98 Å². The molecule has 5 rings (SSSR count). The third kappa shape index (κ3) is 5.85.